The number of hydrogen-bond acceptors (Lipinski definition) is 6. The highest BCUT2D eigenvalue weighted by Gasteiger charge is 2.09. The third-order valence-electron chi connectivity index (χ3n) is 2.48. The minimum Gasteiger partial charge on any atom is -0.496 e. The van der Waals surface area contributed by atoms with Crippen LogP contribution in [0.15, 0.2) is 30.6 Å². The molecule has 1 aromatic heterocycles. The van der Waals surface area contributed by atoms with Gasteiger partial charge in [0, 0.05) is 30.6 Å². The number of aromatic nitrogens is 3. The molecule has 19 heavy (non-hydrogen) atoms. The van der Waals surface area contributed by atoms with Crippen LogP contribution in [0.3, 0.4) is 0 Å². The first-order valence-electron chi connectivity index (χ1n) is 5.60. The molecule has 0 radical (unpaired) electrons. The minimum atomic E-state index is -0.453. The topological polar surface area (TPSA) is 95.1 Å². The maximum Gasteiger partial charge on any atom is 0.275 e. The zero-order valence-corrected chi connectivity index (χ0v) is 10.3. The molecule has 0 saturated carbocycles. The summed E-state index contributed by atoms with van der Waals surface area (Å²) in [6.07, 6.45) is 3.34. The van der Waals surface area contributed by atoms with E-state index in [1.807, 2.05) is 0 Å². The molecule has 0 aliphatic rings. The molecule has 0 spiro atoms. The highest BCUT2D eigenvalue weighted by molar-refractivity contribution is 5.56. The molecule has 0 bridgehead atoms. The van der Waals surface area contributed by atoms with Crippen LogP contribution in [-0.4, -0.2) is 33.6 Å². The van der Waals surface area contributed by atoms with E-state index in [9.17, 15) is 10.1 Å². The summed E-state index contributed by atoms with van der Waals surface area (Å²) in [5.41, 5.74) is 0.619. The standard InChI is InChI=1S/C11H13N5O3/c1-19-11-7-9(6-10(8-11)16(17)18)12-2-4-15-5-3-13-14-15/h3,5-8,12H,2,4H2,1H3. The van der Waals surface area contributed by atoms with Gasteiger partial charge in [-0.1, -0.05) is 5.21 Å². The zero-order valence-electron chi connectivity index (χ0n) is 10.3. The van der Waals surface area contributed by atoms with Gasteiger partial charge in [0.05, 0.1) is 30.8 Å². The van der Waals surface area contributed by atoms with Crippen molar-refractivity contribution in [3.8, 4) is 5.75 Å². The van der Waals surface area contributed by atoms with E-state index in [1.165, 1.54) is 19.2 Å². The summed E-state index contributed by atoms with van der Waals surface area (Å²) in [5.74, 6) is 0.442. The van der Waals surface area contributed by atoms with Crippen LogP contribution in [0.4, 0.5) is 11.4 Å². The van der Waals surface area contributed by atoms with Crippen molar-refractivity contribution in [2.24, 2.45) is 0 Å². The maximum absolute atomic E-state index is 10.8. The van der Waals surface area contributed by atoms with Crippen molar-refractivity contribution in [2.45, 2.75) is 6.54 Å². The highest BCUT2D eigenvalue weighted by Crippen LogP contribution is 2.25. The van der Waals surface area contributed by atoms with Crippen LogP contribution >= 0.6 is 0 Å². The van der Waals surface area contributed by atoms with E-state index in [0.717, 1.165) is 0 Å². The Labute approximate surface area is 109 Å². The Morgan fingerprint density at radius 1 is 1.47 bits per heavy atom. The molecule has 1 aromatic carbocycles. The summed E-state index contributed by atoms with van der Waals surface area (Å²) in [5, 5.41) is 21.4. The van der Waals surface area contributed by atoms with Gasteiger partial charge >= 0.3 is 0 Å². The van der Waals surface area contributed by atoms with Gasteiger partial charge in [-0.2, -0.15) is 0 Å². The van der Waals surface area contributed by atoms with Crippen molar-refractivity contribution in [3.63, 3.8) is 0 Å². The molecule has 0 unspecified atom stereocenters. The minimum absolute atomic E-state index is 0.0115. The SMILES string of the molecule is COc1cc(NCCn2ccnn2)cc([N+](=O)[O-])c1. The molecule has 0 atom stereocenters. The number of nitrogens with one attached hydrogen (secondary N) is 1. The summed E-state index contributed by atoms with van der Waals surface area (Å²) in [7, 11) is 1.47. The maximum atomic E-state index is 10.8. The number of nitro groups is 1. The van der Waals surface area contributed by atoms with E-state index in [-0.39, 0.29) is 5.69 Å². The Kier molecular flexibility index (Phi) is 3.91. The lowest BCUT2D eigenvalue weighted by molar-refractivity contribution is -0.384. The van der Waals surface area contributed by atoms with Gasteiger partial charge in [-0.15, -0.1) is 5.10 Å². The van der Waals surface area contributed by atoms with Crippen molar-refractivity contribution in [1.82, 2.24) is 15.0 Å². The second-order valence-corrected chi connectivity index (χ2v) is 3.77. The molecule has 0 aliphatic carbocycles. The van der Waals surface area contributed by atoms with E-state index in [1.54, 1.807) is 23.1 Å². The number of rotatable bonds is 6. The molecule has 8 nitrogen and oxygen atoms in total. The Bertz CT molecular complexity index is 555. The second kappa shape index (κ2) is 5.80. The van der Waals surface area contributed by atoms with Gasteiger partial charge in [-0.3, -0.25) is 14.8 Å². The van der Waals surface area contributed by atoms with Gasteiger partial charge in [0.15, 0.2) is 0 Å². The normalized spacial score (nSPS) is 10.2. The fourth-order valence-electron chi connectivity index (χ4n) is 1.58. The second-order valence-electron chi connectivity index (χ2n) is 3.77. The van der Waals surface area contributed by atoms with Gasteiger partial charge in [0.2, 0.25) is 0 Å². The van der Waals surface area contributed by atoms with Gasteiger partial charge in [0.25, 0.3) is 5.69 Å². The molecular formula is C11H13N5O3. The van der Waals surface area contributed by atoms with Crippen molar-refractivity contribution in [1.29, 1.82) is 0 Å². The third-order valence-corrected chi connectivity index (χ3v) is 2.48. The van der Waals surface area contributed by atoms with Crippen molar-refractivity contribution in [3.05, 3.63) is 40.7 Å². The van der Waals surface area contributed by atoms with Crippen molar-refractivity contribution < 1.29 is 9.66 Å². The highest BCUT2D eigenvalue weighted by atomic mass is 16.6. The van der Waals surface area contributed by atoms with Crippen molar-refractivity contribution >= 4 is 11.4 Å². The number of non-ortho nitro benzene ring substituents is 1. The van der Waals surface area contributed by atoms with Crippen LogP contribution in [0.5, 0.6) is 5.75 Å². The molecule has 100 valence electrons. The Morgan fingerprint density at radius 3 is 2.95 bits per heavy atom. The quantitative estimate of drug-likeness (QED) is 0.623. The molecule has 0 amide bonds. The van der Waals surface area contributed by atoms with Crippen LogP contribution in [0, 0.1) is 10.1 Å². The predicted molar refractivity (Wildman–Crippen MR) is 68.2 cm³/mol. The first-order valence-corrected chi connectivity index (χ1v) is 5.60. The average Bonchev–Trinajstić information content (AvgIpc) is 2.91. The largest absolute Gasteiger partial charge is 0.496 e. The summed E-state index contributed by atoms with van der Waals surface area (Å²) in [4.78, 5) is 10.3. The third kappa shape index (κ3) is 3.41. The summed E-state index contributed by atoms with van der Waals surface area (Å²) >= 11 is 0. The van der Waals surface area contributed by atoms with E-state index in [0.29, 0.717) is 24.5 Å². The predicted octanol–water partition coefficient (Wildman–Crippen LogP) is 1.31. The summed E-state index contributed by atoms with van der Waals surface area (Å²) in [6.45, 7) is 1.19. The molecule has 0 fully saturated rings. The average molecular weight is 263 g/mol. The fourth-order valence-corrected chi connectivity index (χ4v) is 1.58. The molecule has 8 heteroatoms. The number of nitrogens with zero attached hydrogens (tertiary/aromatic N) is 4. The number of ether oxygens (including phenoxy) is 1. The van der Waals surface area contributed by atoms with Gasteiger partial charge < -0.3 is 10.1 Å². The van der Waals surface area contributed by atoms with Crippen LogP contribution in [0.1, 0.15) is 0 Å². The smallest absolute Gasteiger partial charge is 0.275 e. The first-order chi connectivity index (χ1) is 9.19. The molecular weight excluding hydrogens is 250 g/mol. The van der Waals surface area contributed by atoms with Gasteiger partial charge in [-0.25, -0.2) is 0 Å². The number of nitro benzene ring substituents is 1. The fraction of sp³-hybridized carbons (Fsp3) is 0.273. The number of anilines is 1. The van der Waals surface area contributed by atoms with E-state index >= 15 is 0 Å². The monoisotopic (exact) mass is 263 g/mol. The number of benzene rings is 1. The molecule has 0 aliphatic heterocycles. The lowest BCUT2D eigenvalue weighted by Gasteiger charge is -2.08. The Morgan fingerprint density at radius 2 is 2.32 bits per heavy atom. The number of methoxy groups -OCH3 is 1. The van der Waals surface area contributed by atoms with E-state index in [4.69, 9.17) is 4.74 Å². The molecule has 2 aromatic rings. The zero-order chi connectivity index (χ0) is 13.7. The van der Waals surface area contributed by atoms with Gasteiger partial charge in [0.1, 0.15) is 5.75 Å². The summed E-state index contributed by atoms with van der Waals surface area (Å²) in [6, 6.07) is 4.54. The summed E-state index contributed by atoms with van der Waals surface area (Å²) < 4.78 is 6.69. The first kappa shape index (κ1) is 12.8. The lowest BCUT2D eigenvalue weighted by Crippen LogP contribution is -2.11. The molecule has 1 heterocycles. The Balaban J connectivity index is 2.02. The lowest BCUT2D eigenvalue weighted by atomic mass is 10.2. The van der Waals surface area contributed by atoms with E-state index < -0.39 is 4.92 Å². The van der Waals surface area contributed by atoms with Crippen molar-refractivity contribution in [2.75, 3.05) is 19.0 Å². The van der Waals surface area contributed by atoms with Crippen LogP contribution in [-0.2, 0) is 6.54 Å². The van der Waals surface area contributed by atoms with Crippen LogP contribution < -0.4 is 10.1 Å². The van der Waals surface area contributed by atoms with Crippen LogP contribution in [0.25, 0.3) is 0 Å². The molecule has 1 N–H and O–H groups in total. The van der Waals surface area contributed by atoms with Crippen LogP contribution in [0.2, 0.25) is 0 Å². The van der Waals surface area contributed by atoms with Gasteiger partial charge in [-0.05, 0) is 0 Å². The number of hydrogen-bond donors (Lipinski definition) is 1. The van der Waals surface area contributed by atoms with E-state index in [2.05, 4.69) is 15.6 Å². The molecule has 2 rings (SSSR count). The Hall–Kier alpha value is -2.64. The molecule has 0 saturated heterocycles.